The fourth-order valence-corrected chi connectivity index (χ4v) is 5.30. The van der Waals surface area contributed by atoms with Crippen molar-refractivity contribution in [2.75, 3.05) is 13.2 Å². The van der Waals surface area contributed by atoms with Crippen LogP contribution >= 0.6 is 0 Å². The molecule has 2 saturated carbocycles. The van der Waals surface area contributed by atoms with Gasteiger partial charge < -0.3 is 18.8 Å². The fourth-order valence-electron chi connectivity index (χ4n) is 5.30. The number of carbonyl (C=O) groups excluding carboxylic acids is 3. The first-order valence-corrected chi connectivity index (χ1v) is 14.1. The SMILES string of the molecule is CCOC(=O)[C@]1(c2cn(C3CCC(C)CC3)cn2)C[C@@H]1CCCN(C(=O)OC(C)(C)C)C(=O)OC(C)(C)C. The van der Waals surface area contributed by atoms with Crippen LogP contribution in [0.1, 0.15) is 112 Å². The second-order valence-electron chi connectivity index (χ2n) is 13.0. The second kappa shape index (κ2) is 11.7. The molecular formula is C29H47N3O6. The van der Waals surface area contributed by atoms with Crippen molar-refractivity contribution < 1.29 is 28.6 Å². The van der Waals surface area contributed by atoms with Crippen molar-refractivity contribution in [3.63, 3.8) is 0 Å². The van der Waals surface area contributed by atoms with Crippen LogP contribution in [-0.4, -0.2) is 57.0 Å². The average Bonchev–Trinajstić information content (AvgIpc) is 3.30. The predicted octanol–water partition coefficient (Wildman–Crippen LogP) is 6.41. The van der Waals surface area contributed by atoms with Crippen LogP contribution in [0.5, 0.6) is 0 Å². The van der Waals surface area contributed by atoms with Crippen LogP contribution < -0.4 is 0 Å². The standard InChI is InChI=1S/C29H47N3O6/c1-9-36-24(33)29(23-18-31(19-30-23)22-14-12-20(2)13-15-22)17-21(29)11-10-16-32(25(34)37-27(3,4)5)26(35)38-28(6,7)8/h18-22H,9-17H2,1-8H3/t20?,21-,22?,29+/m0/s1. The first-order valence-electron chi connectivity index (χ1n) is 14.1. The molecule has 214 valence electrons. The van der Waals surface area contributed by atoms with Gasteiger partial charge in [-0.3, -0.25) is 4.79 Å². The van der Waals surface area contributed by atoms with E-state index in [1.54, 1.807) is 41.5 Å². The quantitative estimate of drug-likeness (QED) is 0.281. The molecule has 1 aromatic rings. The molecule has 0 saturated heterocycles. The highest BCUT2D eigenvalue weighted by Gasteiger charge is 2.63. The summed E-state index contributed by atoms with van der Waals surface area (Å²) in [6, 6.07) is 0.417. The third-order valence-electron chi connectivity index (χ3n) is 7.37. The van der Waals surface area contributed by atoms with E-state index >= 15 is 0 Å². The summed E-state index contributed by atoms with van der Waals surface area (Å²) in [4.78, 5) is 44.5. The maximum atomic E-state index is 13.2. The Bertz CT molecular complexity index is 955. The van der Waals surface area contributed by atoms with Gasteiger partial charge in [-0.25, -0.2) is 19.5 Å². The summed E-state index contributed by atoms with van der Waals surface area (Å²) in [7, 11) is 0. The molecule has 3 rings (SSSR count). The monoisotopic (exact) mass is 533 g/mol. The lowest BCUT2D eigenvalue weighted by Gasteiger charge is -2.28. The summed E-state index contributed by atoms with van der Waals surface area (Å²) in [5.74, 6) is 0.535. The molecule has 0 unspecified atom stereocenters. The number of ether oxygens (including phenoxy) is 3. The van der Waals surface area contributed by atoms with Crippen LogP contribution in [0.25, 0.3) is 0 Å². The van der Waals surface area contributed by atoms with E-state index in [-0.39, 0.29) is 18.4 Å². The lowest BCUT2D eigenvalue weighted by Crippen LogP contribution is -2.44. The van der Waals surface area contributed by atoms with Crippen LogP contribution in [0.3, 0.4) is 0 Å². The number of aromatic nitrogens is 2. The van der Waals surface area contributed by atoms with Crippen molar-refractivity contribution in [3.8, 4) is 0 Å². The van der Waals surface area contributed by atoms with Gasteiger partial charge in [0.15, 0.2) is 0 Å². The van der Waals surface area contributed by atoms with Gasteiger partial charge in [-0.15, -0.1) is 0 Å². The van der Waals surface area contributed by atoms with Crippen molar-refractivity contribution in [1.29, 1.82) is 0 Å². The zero-order chi connectivity index (χ0) is 28.3. The third-order valence-corrected chi connectivity index (χ3v) is 7.37. The lowest BCUT2D eigenvalue weighted by atomic mass is 9.87. The van der Waals surface area contributed by atoms with Crippen molar-refractivity contribution in [1.82, 2.24) is 14.5 Å². The van der Waals surface area contributed by atoms with E-state index in [1.807, 2.05) is 19.4 Å². The predicted molar refractivity (Wildman–Crippen MR) is 144 cm³/mol. The zero-order valence-corrected chi connectivity index (χ0v) is 24.5. The largest absolute Gasteiger partial charge is 0.465 e. The highest BCUT2D eigenvalue weighted by atomic mass is 16.6. The Balaban J connectivity index is 1.69. The van der Waals surface area contributed by atoms with Gasteiger partial charge in [0.05, 0.1) is 18.6 Å². The first-order chi connectivity index (χ1) is 17.7. The van der Waals surface area contributed by atoms with Gasteiger partial charge in [0.25, 0.3) is 0 Å². The maximum absolute atomic E-state index is 13.2. The molecule has 2 atom stereocenters. The van der Waals surface area contributed by atoms with E-state index in [1.165, 1.54) is 12.8 Å². The Kier molecular flexibility index (Phi) is 9.20. The Hall–Kier alpha value is -2.58. The van der Waals surface area contributed by atoms with E-state index in [0.717, 1.165) is 29.4 Å². The van der Waals surface area contributed by atoms with Crippen LogP contribution in [0.2, 0.25) is 0 Å². The van der Waals surface area contributed by atoms with Crippen LogP contribution in [0, 0.1) is 11.8 Å². The van der Waals surface area contributed by atoms with E-state index in [2.05, 4.69) is 16.5 Å². The van der Waals surface area contributed by atoms with Gasteiger partial charge >= 0.3 is 18.2 Å². The average molecular weight is 534 g/mol. The highest BCUT2D eigenvalue weighted by molar-refractivity contribution is 5.88. The number of rotatable bonds is 8. The summed E-state index contributed by atoms with van der Waals surface area (Å²) in [5.41, 5.74) is -1.51. The van der Waals surface area contributed by atoms with Gasteiger partial charge in [0.2, 0.25) is 0 Å². The highest BCUT2D eigenvalue weighted by Crippen LogP contribution is 2.57. The number of carbonyl (C=O) groups is 3. The second-order valence-corrected chi connectivity index (χ2v) is 13.0. The number of hydrogen-bond acceptors (Lipinski definition) is 7. The van der Waals surface area contributed by atoms with E-state index < -0.39 is 28.8 Å². The topological polar surface area (TPSA) is 100.0 Å². The van der Waals surface area contributed by atoms with Gasteiger partial charge in [0.1, 0.15) is 16.6 Å². The molecule has 2 amide bonds. The number of amides is 2. The van der Waals surface area contributed by atoms with Gasteiger partial charge in [0, 0.05) is 18.8 Å². The van der Waals surface area contributed by atoms with Crippen molar-refractivity contribution in [2.45, 2.75) is 123 Å². The summed E-state index contributed by atoms with van der Waals surface area (Å²) in [6.45, 7) is 15.1. The molecular weight excluding hydrogens is 486 g/mol. The van der Waals surface area contributed by atoms with Gasteiger partial charge in [-0.05, 0) is 105 Å². The molecule has 0 N–H and O–H groups in total. The summed E-state index contributed by atoms with van der Waals surface area (Å²) >= 11 is 0. The minimum Gasteiger partial charge on any atom is -0.465 e. The smallest absolute Gasteiger partial charge is 0.419 e. The molecule has 0 bridgehead atoms. The third kappa shape index (κ3) is 7.50. The summed E-state index contributed by atoms with van der Waals surface area (Å²) < 4.78 is 18.6. The Morgan fingerprint density at radius 2 is 1.61 bits per heavy atom. The molecule has 0 spiro atoms. The normalized spacial score (nSPS) is 25.4. The van der Waals surface area contributed by atoms with E-state index in [0.29, 0.717) is 31.9 Å². The van der Waals surface area contributed by atoms with Gasteiger partial charge in [-0.2, -0.15) is 0 Å². The molecule has 1 aromatic heterocycles. The molecule has 9 heteroatoms. The Morgan fingerprint density at radius 1 is 1.03 bits per heavy atom. The molecule has 1 heterocycles. The van der Waals surface area contributed by atoms with Crippen molar-refractivity contribution >= 4 is 18.2 Å². The minimum absolute atomic E-state index is 0.0235. The number of esters is 1. The number of imide groups is 1. The summed E-state index contributed by atoms with van der Waals surface area (Å²) in [5, 5.41) is 0. The minimum atomic E-state index is -0.772. The summed E-state index contributed by atoms with van der Waals surface area (Å²) in [6.07, 6.45) is 8.86. The van der Waals surface area contributed by atoms with E-state index in [4.69, 9.17) is 14.2 Å². The van der Waals surface area contributed by atoms with Crippen molar-refractivity contribution in [3.05, 3.63) is 18.2 Å². The van der Waals surface area contributed by atoms with Crippen LogP contribution in [0.15, 0.2) is 12.5 Å². The molecule has 0 aromatic carbocycles. The molecule has 2 fully saturated rings. The lowest BCUT2D eigenvalue weighted by molar-refractivity contribution is -0.146. The first kappa shape index (κ1) is 30.0. The molecule has 2 aliphatic carbocycles. The number of hydrogen-bond donors (Lipinski definition) is 0. The molecule has 38 heavy (non-hydrogen) atoms. The molecule has 2 aliphatic rings. The van der Waals surface area contributed by atoms with Gasteiger partial charge in [-0.1, -0.05) is 6.92 Å². The molecule has 0 aliphatic heterocycles. The molecule has 0 radical (unpaired) electrons. The van der Waals surface area contributed by atoms with E-state index in [9.17, 15) is 14.4 Å². The fraction of sp³-hybridized carbons (Fsp3) is 0.793. The maximum Gasteiger partial charge on any atom is 0.419 e. The Morgan fingerprint density at radius 3 is 2.13 bits per heavy atom. The zero-order valence-electron chi connectivity index (χ0n) is 24.5. The molecule has 9 nitrogen and oxygen atoms in total. The Labute approximate surface area is 227 Å². The van der Waals surface area contributed by atoms with Crippen molar-refractivity contribution in [2.24, 2.45) is 11.8 Å². The van der Waals surface area contributed by atoms with Crippen LogP contribution in [-0.2, 0) is 24.4 Å². The number of imidazole rings is 1. The van der Waals surface area contributed by atoms with Crippen LogP contribution in [0.4, 0.5) is 9.59 Å². The number of nitrogens with zero attached hydrogens (tertiary/aromatic N) is 3.